The number of anilines is 3. The Bertz CT molecular complexity index is 1190. The lowest BCUT2D eigenvalue weighted by Gasteiger charge is -2.48. The molecular weight excluding hydrogens is 477 g/mol. The maximum absolute atomic E-state index is 13.1. The van der Waals surface area contributed by atoms with Gasteiger partial charge in [-0.05, 0) is 57.6 Å². The summed E-state index contributed by atoms with van der Waals surface area (Å²) in [6.07, 6.45) is -1.34. The van der Waals surface area contributed by atoms with Crippen molar-refractivity contribution >= 4 is 23.4 Å². The summed E-state index contributed by atoms with van der Waals surface area (Å²) in [7, 11) is 1.77. The van der Waals surface area contributed by atoms with E-state index in [4.69, 9.17) is 14.7 Å². The fraction of sp³-hybridized carbons (Fsp3) is 0.583. The highest BCUT2D eigenvalue weighted by molar-refractivity contribution is 6.08. The van der Waals surface area contributed by atoms with Gasteiger partial charge in [0.1, 0.15) is 22.7 Å². The summed E-state index contributed by atoms with van der Waals surface area (Å²) in [6, 6.07) is 2.38. The standard InChI is InChI=1S/C24H29F3N6O3/c1-13-17(6-7-18(28-13)24(25,26)27)36-11-14-9-15(10-14)29-22-30-16-5-4-8-33-19(16)20(31-22)32(3)23(2,12-34)21(33)35/h6-7,14-15,34H,4-5,8-12H2,1-3H3,(H,29,30,31)/t14-,15+,23-/m0/s1. The number of aromatic nitrogens is 3. The summed E-state index contributed by atoms with van der Waals surface area (Å²) in [5.74, 6) is 1.56. The summed E-state index contributed by atoms with van der Waals surface area (Å²) < 4.78 is 44.2. The van der Waals surface area contributed by atoms with E-state index in [1.54, 1.807) is 23.8 Å². The molecule has 1 saturated carbocycles. The molecule has 0 aromatic carbocycles. The number of likely N-dealkylation sites (N-methyl/N-ethyl adjacent to an activating group) is 1. The molecule has 1 atom stereocenters. The largest absolute Gasteiger partial charge is 0.491 e. The lowest BCUT2D eigenvalue weighted by atomic mass is 9.81. The van der Waals surface area contributed by atoms with Crippen LogP contribution in [0.5, 0.6) is 5.75 Å². The minimum Gasteiger partial charge on any atom is -0.491 e. The quantitative estimate of drug-likeness (QED) is 0.617. The molecule has 2 aliphatic heterocycles. The first-order valence-corrected chi connectivity index (χ1v) is 12.0. The minimum absolute atomic E-state index is 0.134. The molecule has 0 radical (unpaired) electrons. The molecule has 12 heteroatoms. The highest BCUT2D eigenvalue weighted by Gasteiger charge is 2.49. The molecule has 5 rings (SSSR count). The van der Waals surface area contributed by atoms with Gasteiger partial charge in [0, 0.05) is 19.6 Å². The summed E-state index contributed by atoms with van der Waals surface area (Å²) >= 11 is 0. The first-order chi connectivity index (χ1) is 17.0. The second kappa shape index (κ2) is 8.75. The highest BCUT2D eigenvalue weighted by Crippen LogP contribution is 2.43. The molecule has 1 aliphatic carbocycles. The van der Waals surface area contributed by atoms with Crippen molar-refractivity contribution in [2.24, 2.45) is 5.92 Å². The second-order valence-electron chi connectivity index (χ2n) is 9.98. The van der Waals surface area contributed by atoms with Crippen molar-refractivity contribution in [3.63, 3.8) is 0 Å². The van der Waals surface area contributed by atoms with Crippen molar-refractivity contribution in [1.29, 1.82) is 0 Å². The monoisotopic (exact) mass is 506 g/mol. The third-order valence-corrected chi connectivity index (χ3v) is 7.45. The summed E-state index contributed by atoms with van der Waals surface area (Å²) in [5, 5.41) is 13.4. The van der Waals surface area contributed by atoms with Crippen LogP contribution in [0.1, 0.15) is 43.3 Å². The van der Waals surface area contributed by atoms with Crippen molar-refractivity contribution in [3.8, 4) is 5.75 Å². The van der Waals surface area contributed by atoms with Crippen LogP contribution in [0.2, 0.25) is 0 Å². The number of ether oxygens (including phenoxy) is 1. The Labute approximate surface area is 206 Å². The zero-order valence-electron chi connectivity index (χ0n) is 20.4. The smallest absolute Gasteiger partial charge is 0.433 e. The van der Waals surface area contributed by atoms with Crippen LogP contribution in [0.25, 0.3) is 0 Å². The van der Waals surface area contributed by atoms with E-state index in [9.17, 15) is 23.1 Å². The van der Waals surface area contributed by atoms with Crippen LogP contribution >= 0.6 is 0 Å². The maximum Gasteiger partial charge on any atom is 0.433 e. The third-order valence-electron chi connectivity index (χ3n) is 7.45. The number of carbonyl (C=O) groups excluding carboxylic acids is 1. The van der Waals surface area contributed by atoms with Gasteiger partial charge in [0.25, 0.3) is 5.91 Å². The summed E-state index contributed by atoms with van der Waals surface area (Å²) in [5.41, 5.74) is -0.259. The second-order valence-corrected chi connectivity index (χ2v) is 9.98. The first kappa shape index (κ1) is 24.5. The number of nitrogens with zero attached hydrogens (tertiary/aromatic N) is 5. The normalized spacial score (nSPS) is 25.4. The van der Waals surface area contributed by atoms with Crippen molar-refractivity contribution in [2.45, 2.75) is 57.3 Å². The van der Waals surface area contributed by atoms with Crippen molar-refractivity contribution < 1.29 is 27.8 Å². The maximum atomic E-state index is 13.1. The van der Waals surface area contributed by atoms with E-state index < -0.39 is 17.4 Å². The predicted octanol–water partition coefficient (Wildman–Crippen LogP) is 2.95. The van der Waals surface area contributed by atoms with Gasteiger partial charge in [-0.1, -0.05) is 0 Å². The number of hydrogen-bond acceptors (Lipinski definition) is 8. The van der Waals surface area contributed by atoms with Crippen LogP contribution in [0.15, 0.2) is 12.1 Å². The number of rotatable bonds is 6. The van der Waals surface area contributed by atoms with E-state index in [1.807, 2.05) is 0 Å². The van der Waals surface area contributed by atoms with Crippen LogP contribution in [0, 0.1) is 12.8 Å². The number of aliphatic hydroxyl groups excluding tert-OH is 1. The van der Waals surface area contributed by atoms with Crippen molar-refractivity contribution in [2.75, 3.05) is 41.9 Å². The Balaban J connectivity index is 1.23. The van der Waals surface area contributed by atoms with Crippen LogP contribution < -0.4 is 19.9 Å². The van der Waals surface area contributed by atoms with Crippen LogP contribution in [0.4, 0.5) is 30.6 Å². The van der Waals surface area contributed by atoms with Crippen molar-refractivity contribution in [3.05, 3.63) is 29.2 Å². The van der Waals surface area contributed by atoms with E-state index in [2.05, 4.69) is 10.3 Å². The predicted molar refractivity (Wildman–Crippen MR) is 126 cm³/mol. The topological polar surface area (TPSA) is 104 Å². The minimum atomic E-state index is -4.48. The van der Waals surface area contributed by atoms with E-state index in [0.29, 0.717) is 30.7 Å². The van der Waals surface area contributed by atoms with Gasteiger partial charge < -0.3 is 25.0 Å². The van der Waals surface area contributed by atoms with E-state index >= 15 is 0 Å². The van der Waals surface area contributed by atoms with Gasteiger partial charge in [-0.25, -0.2) is 9.97 Å². The molecule has 36 heavy (non-hydrogen) atoms. The number of hydrogen-bond donors (Lipinski definition) is 2. The molecule has 0 spiro atoms. The number of aliphatic hydroxyl groups is 1. The van der Waals surface area contributed by atoms with Gasteiger partial charge in [0.2, 0.25) is 5.95 Å². The number of carbonyl (C=O) groups is 1. The first-order valence-electron chi connectivity index (χ1n) is 12.0. The number of pyridine rings is 1. The average Bonchev–Trinajstić information content (AvgIpc) is 2.82. The number of alkyl halides is 3. The molecule has 2 N–H and O–H groups in total. The number of amides is 1. The molecule has 0 unspecified atom stereocenters. The van der Waals surface area contributed by atoms with Crippen molar-refractivity contribution in [1.82, 2.24) is 15.0 Å². The Morgan fingerprint density at radius 1 is 1.25 bits per heavy atom. The van der Waals surface area contributed by atoms with Crippen LogP contribution in [-0.2, 0) is 17.4 Å². The highest BCUT2D eigenvalue weighted by atomic mass is 19.4. The fourth-order valence-electron chi connectivity index (χ4n) is 5.04. The number of nitrogens with one attached hydrogen (secondary N) is 1. The lowest BCUT2D eigenvalue weighted by Crippen LogP contribution is -2.64. The molecule has 2 aromatic rings. The number of aryl methyl sites for hydroxylation is 2. The molecule has 4 heterocycles. The summed E-state index contributed by atoms with van der Waals surface area (Å²) in [6.45, 7) is 3.86. The van der Waals surface area contributed by atoms with E-state index in [1.165, 1.54) is 13.0 Å². The lowest BCUT2D eigenvalue weighted by molar-refractivity contribution is -0.141. The summed E-state index contributed by atoms with van der Waals surface area (Å²) in [4.78, 5) is 29.5. The van der Waals surface area contributed by atoms with Gasteiger partial charge >= 0.3 is 6.18 Å². The number of halogens is 3. The van der Waals surface area contributed by atoms with Gasteiger partial charge in [0.15, 0.2) is 5.82 Å². The molecular formula is C24H29F3N6O3. The molecule has 3 aliphatic rings. The zero-order valence-corrected chi connectivity index (χ0v) is 20.4. The molecule has 9 nitrogen and oxygen atoms in total. The van der Waals surface area contributed by atoms with Gasteiger partial charge in [-0.15, -0.1) is 0 Å². The van der Waals surface area contributed by atoms with Gasteiger partial charge in [0.05, 0.1) is 24.6 Å². The molecule has 194 valence electrons. The Kier molecular flexibility index (Phi) is 5.97. The SMILES string of the molecule is Cc1nc(C(F)(F)F)ccc1OC[C@H]1C[C@@H](Nc2nc3c4c(n2)N(C)[C@@](C)(CO)C(=O)N4CCC3)C1. The molecule has 1 amide bonds. The Morgan fingerprint density at radius 3 is 2.67 bits per heavy atom. The third kappa shape index (κ3) is 4.10. The van der Waals surface area contributed by atoms with Crippen LogP contribution in [0.3, 0.4) is 0 Å². The Hall–Kier alpha value is -3.15. The zero-order chi connectivity index (χ0) is 25.8. The van der Waals surface area contributed by atoms with Gasteiger partial charge in [-0.2, -0.15) is 18.2 Å². The molecule has 0 bridgehead atoms. The van der Waals surface area contributed by atoms with E-state index in [0.717, 1.165) is 43.1 Å². The molecule has 2 aromatic heterocycles. The average molecular weight is 507 g/mol. The Morgan fingerprint density at radius 2 is 2.00 bits per heavy atom. The van der Waals surface area contributed by atoms with Crippen LogP contribution in [-0.4, -0.2) is 64.4 Å². The van der Waals surface area contributed by atoms with E-state index in [-0.39, 0.29) is 30.2 Å². The molecule has 0 saturated heterocycles. The fourth-order valence-corrected chi connectivity index (χ4v) is 5.04. The van der Waals surface area contributed by atoms with Gasteiger partial charge in [-0.3, -0.25) is 4.79 Å². The molecule has 1 fully saturated rings.